The summed E-state index contributed by atoms with van der Waals surface area (Å²) in [6.45, 7) is 3.91. The van der Waals surface area contributed by atoms with Gasteiger partial charge in [-0.05, 0) is 28.8 Å². The lowest BCUT2D eigenvalue weighted by atomic mass is 9.97. The first-order valence-corrected chi connectivity index (χ1v) is 6.46. The first kappa shape index (κ1) is 15.3. The number of hydrogen-bond acceptors (Lipinski definition) is 1. The lowest BCUT2D eigenvalue weighted by molar-refractivity contribution is -0.137. The van der Waals surface area contributed by atoms with Crippen LogP contribution in [0, 0.1) is 0 Å². The van der Waals surface area contributed by atoms with Crippen molar-refractivity contribution in [2.24, 2.45) is 0 Å². The second-order valence-corrected chi connectivity index (χ2v) is 4.81. The highest BCUT2D eigenvalue weighted by molar-refractivity contribution is 5.63. The zero-order valence-electron chi connectivity index (χ0n) is 11.3. The molecule has 0 spiro atoms. The van der Waals surface area contributed by atoms with Crippen LogP contribution in [0.5, 0.6) is 0 Å². The number of alkyl halides is 3. The summed E-state index contributed by atoms with van der Waals surface area (Å²) < 4.78 is 37.4. The summed E-state index contributed by atoms with van der Waals surface area (Å²) in [5, 5.41) is 10.1. The van der Waals surface area contributed by atoms with Crippen molar-refractivity contribution in [2.75, 3.05) is 0 Å². The third-order valence-electron chi connectivity index (χ3n) is 3.24. The zero-order chi connectivity index (χ0) is 15.5. The lowest BCUT2D eigenvalue weighted by Crippen LogP contribution is -2.05. The Balaban J connectivity index is 2.07. The molecule has 1 unspecified atom stereocenters. The van der Waals surface area contributed by atoms with Crippen LogP contribution in [0.4, 0.5) is 13.2 Å². The van der Waals surface area contributed by atoms with Crippen molar-refractivity contribution in [3.63, 3.8) is 0 Å². The predicted octanol–water partition coefficient (Wildman–Crippen LogP) is 4.84. The van der Waals surface area contributed by atoms with Crippen molar-refractivity contribution >= 4 is 5.57 Å². The average Bonchev–Trinajstić information content (AvgIpc) is 2.47. The molecule has 0 aliphatic heterocycles. The molecule has 110 valence electrons. The van der Waals surface area contributed by atoms with E-state index in [0.717, 1.165) is 23.3 Å². The molecule has 0 aliphatic rings. The number of aliphatic hydroxyl groups excluding tert-OH is 1. The molecule has 1 atom stereocenters. The maximum atomic E-state index is 12.5. The Bertz CT molecular complexity index is 600. The molecular formula is C17H15F3O. The van der Waals surface area contributed by atoms with Gasteiger partial charge in [0.05, 0.1) is 11.7 Å². The van der Waals surface area contributed by atoms with Gasteiger partial charge >= 0.3 is 6.18 Å². The van der Waals surface area contributed by atoms with Crippen LogP contribution in [0.1, 0.15) is 29.2 Å². The third kappa shape index (κ3) is 3.95. The molecule has 4 heteroatoms. The van der Waals surface area contributed by atoms with Crippen LogP contribution in [-0.4, -0.2) is 5.11 Å². The first-order valence-electron chi connectivity index (χ1n) is 6.46. The highest BCUT2D eigenvalue weighted by Crippen LogP contribution is 2.31. The van der Waals surface area contributed by atoms with Gasteiger partial charge in [0.2, 0.25) is 0 Å². The molecule has 0 saturated heterocycles. The monoisotopic (exact) mass is 292 g/mol. The van der Waals surface area contributed by atoms with Gasteiger partial charge in [0.25, 0.3) is 0 Å². The fourth-order valence-electron chi connectivity index (χ4n) is 2.04. The fraction of sp³-hybridized carbons (Fsp3) is 0.176. The Morgan fingerprint density at radius 1 is 1.00 bits per heavy atom. The first-order chi connectivity index (χ1) is 9.88. The van der Waals surface area contributed by atoms with Gasteiger partial charge < -0.3 is 5.11 Å². The predicted molar refractivity (Wildman–Crippen MR) is 76.5 cm³/mol. The molecular weight excluding hydrogens is 277 g/mol. The lowest BCUT2D eigenvalue weighted by Gasteiger charge is -2.14. The molecule has 1 nitrogen and oxygen atoms in total. The Hall–Kier alpha value is -2.07. The van der Waals surface area contributed by atoms with Crippen LogP contribution in [0.3, 0.4) is 0 Å². The summed E-state index contributed by atoms with van der Waals surface area (Å²) in [7, 11) is 0. The van der Waals surface area contributed by atoms with Gasteiger partial charge in [-0.3, -0.25) is 0 Å². The summed E-state index contributed by atoms with van der Waals surface area (Å²) in [5.41, 5.74) is 1.37. The van der Waals surface area contributed by atoms with Crippen molar-refractivity contribution in [2.45, 2.75) is 18.7 Å². The normalized spacial score (nSPS) is 13.0. The largest absolute Gasteiger partial charge is 0.416 e. The smallest absolute Gasteiger partial charge is 0.388 e. The van der Waals surface area contributed by atoms with Gasteiger partial charge in [-0.2, -0.15) is 13.2 Å². The van der Waals surface area contributed by atoms with Crippen molar-refractivity contribution in [3.05, 3.63) is 77.9 Å². The van der Waals surface area contributed by atoms with Crippen molar-refractivity contribution in [3.8, 4) is 0 Å². The van der Waals surface area contributed by atoms with Crippen LogP contribution in [0.15, 0.2) is 61.2 Å². The molecule has 0 amide bonds. The van der Waals surface area contributed by atoms with Gasteiger partial charge in [-0.15, -0.1) is 0 Å². The number of aliphatic hydroxyl groups is 1. The quantitative estimate of drug-likeness (QED) is 0.854. The molecule has 21 heavy (non-hydrogen) atoms. The van der Waals surface area contributed by atoms with Crippen LogP contribution in [-0.2, 0) is 6.18 Å². The van der Waals surface area contributed by atoms with E-state index in [1.807, 2.05) is 30.3 Å². The van der Waals surface area contributed by atoms with Crippen molar-refractivity contribution < 1.29 is 18.3 Å². The summed E-state index contributed by atoms with van der Waals surface area (Å²) in [6.07, 6.45) is -4.97. The number of rotatable bonds is 4. The van der Waals surface area contributed by atoms with Crippen LogP contribution >= 0.6 is 0 Å². The average molecular weight is 292 g/mol. The number of halogens is 3. The molecule has 0 aliphatic carbocycles. The van der Waals surface area contributed by atoms with Crippen LogP contribution in [0.25, 0.3) is 5.57 Å². The fourth-order valence-corrected chi connectivity index (χ4v) is 2.04. The van der Waals surface area contributed by atoms with Gasteiger partial charge in [-0.1, -0.05) is 49.0 Å². The zero-order valence-corrected chi connectivity index (χ0v) is 11.3. The van der Waals surface area contributed by atoms with E-state index in [0.29, 0.717) is 5.56 Å². The van der Waals surface area contributed by atoms with E-state index in [2.05, 4.69) is 6.58 Å². The molecule has 0 heterocycles. The summed E-state index contributed by atoms with van der Waals surface area (Å²) in [4.78, 5) is 0. The minimum absolute atomic E-state index is 0.273. The third-order valence-corrected chi connectivity index (χ3v) is 3.24. The SMILES string of the molecule is C=C(CC(O)c1ccc(C(F)(F)F)cc1)c1ccccc1. The molecule has 0 radical (unpaired) electrons. The van der Waals surface area contributed by atoms with E-state index in [4.69, 9.17) is 0 Å². The Morgan fingerprint density at radius 2 is 1.57 bits per heavy atom. The maximum Gasteiger partial charge on any atom is 0.416 e. The highest BCUT2D eigenvalue weighted by Gasteiger charge is 2.30. The van der Waals surface area contributed by atoms with Crippen LogP contribution < -0.4 is 0 Å². The molecule has 2 aromatic carbocycles. The second-order valence-electron chi connectivity index (χ2n) is 4.81. The van der Waals surface area contributed by atoms with Gasteiger partial charge in [0.15, 0.2) is 0 Å². The summed E-state index contributed by atoms with van der Waals surface area (Å²) in [6, 6.07) is 13.9. The van der Waals surface area contributed by atoms with Crippen molar-refractivity contribution in [1.82, 2.24) is 0 Å². The highest BCUT2D eigenvalue weighted by atomic mass is 19.4. The Labute approximate surface area is 121 Å². The van der Waals surface area contributed by atoms with Crippen LogP contribution in [0.2, 0.25) is 0 Å². The van der Waals surface area contributed by atoms with E-state index in [-0.39, 0.29) is 6.42 Å². The van der Waals surface area contributed by atoms with Gasteiger partial charge in [0.1, 0.15) is 0 Å². The minimum atomic E-state index is -4.36. The van der Waals surface area contributed by atoms with Gasteiger partial charge in [0, 0.05) is 6.42 Å². The minimum Gasteiger partial charge on any atom is -0.388 e. The second kappa shape index (κ2) is 6.14. The maximum absolute atomic E-state index is 12.5. The van der Waals surface area contributed by atoms with Crippen molar-refractivity contribution in [1.29, 1.82) is 0 Å². The summed E-state index contributed by atoms with van der Waals surface area (Å²) in [5.74, 6) is 0. The topological polar surface area (TPSA) is 20.2 Å². The Kier molecular flexibility index (Phi) is 4.48. The number of benzene rings is 2. The molecule has 0 bridgehead atoms. The molecule has 2 aromatic rings. The molecule has 2 rings (SSSR count). The molecule has 0 saturated carbocycles. The van der Waals surface area contributed by atoms with Gasteiger partial charge in [-0.25, -0.2) is 0 Å². The summed E-state index contributed by atoms with van der Waals surface area (Å²) >= 11 is 0. The molecule has 0 aromatic heterocycles. The van der Waals surface area contributed by atoms with E-state index in [1.54, 1.807) is 0 Å². The van der Waals surface area contributed by atoms with E-state index >= 15 is 0 Å². The number of hydrogen-bond donors (Lipinski definition) is 1. The standard InChI is InChI=1S/C17H15F3O/c1-12(13-5-3-2-4-6-13)11-16(21)14-7-9-15(10-8-14)17(18,19)20/h2-10,16,21H,1,11H2. The van der Waals surface area contributed by atoms with E-state index < -0.39 is 17.8 Å². The van der Waals surface area contributed by atoms with E-state index in [1.165, 1.54) is 12.1 Å². The molecule has 0 fully saturated rings. The van der Waals surface area contributed by atoms with E-state index in [9.17, 15) is 18.3 Å². The Morgan fingerprint density at radius 3 is 2.10 bits per heavy atom. The molecule has 1 N–H and O–H groups in total.